The summed E-state index contributed by atoms with van der Waals surface area (Å²) in [5, 5.41) is 0. The maximum Gasteiger partial charge on any atom is 0.316 e. The van der Waals surface area contributed by atoms with Gasteiger partial charge in [-0.05, 0) is 73.7 Å². The molecular weight excluding hydrogens is 451 g/mol. The molecule has 1 unspecified atom stereocenters. The highest BCUT2D eigenvalue weighted by molar-refractivity contribution is 5.83. The summed E-state index contributed by atoms with van der Waals surface area (Å²) in [7, 11) is 0. The first-order valence-corrected chi connectivity index (χ1v) is 13.1. The second-order valence-electron chi connectivity index (χ2n) is 9.51. The van der Waals surface area contributed by atoms with Crippen LogP contribution >= 0.6 is 0 Å². The summed E-state index contributed by atoms with van der Waals surface area (Å²) >= 11 is 0. The quantitative estimate of drug-likeness (QED) is 0.313. The fourth-order valence-electron chi connectivity index (χ4n) is 5.27. The van der Waals surface area contributed by atoms with Crippen molar-refractivity contribution in [1.82, 2.24) is 4.90 Å². The van der Waals surface area contributed by atoms with E-state index < -0.39 is 5.41 Å². The van der Waals surface area contributed by atoms with Crippen LogP contribution in [0.1, 0.15) is 38.7 Å². The van der Waals surface area contributed by atoms with Gasteiger partial charge in [0.1, 0.15) is 5.82 Å². The van der Waals surface area contributed by atoms with Crippen LogP contribution in [0.25, 0.3) is 11.1 Å². The third kappa shape index (κ3) is 5.96. The van der Waals surface area contributed by atoms with E-state index in [4.69, 9.17) is 4.74 Å². The first-order chi connectivity index (χ1) is 17.6. The van der Waals surface area contributed by atoms with Crippen LogP contribution < -0.4 is 4.90 Å². The fourth-order valence-corrected chi connectivity index (χ4v) is 5.27. The molecule has 190 valence electrons. The molecule has 1 aliphatic heterocycles. The summed E-state index contributed by atoms with van der Waals surface area (Å²) in [6.45, 7) is 9.23. The molecule has 0 spiro atoms. The number of carbonyl (C=O) groups excluding carboxylic acids is 1. The summed E-state index contributed by atoms with van der Waals surface area (Å²) < 4.78 is 18.8. The van der Waals surface area contributed by atoms with Crippen molar-refractivity contribution in [2.45, 2.75) is 38.5 Å². The Labute approximate surface area is 214 Å². The van der Waals surface area contributed by atoms with Crippen molar-refractivity contribution < 1.29 is 13.9 Å². The molecule has 1 heterocycles. The lowest BCUT2D eigenvalue weighted by Gasteiger charge is -2.37. The molecule has 3 aromatic carbocycles. The van der Waals surface area contributed by atoms with Gasteiger partial charge in [-0.15, -0.1) is 0 Å². The Morgan fingerprint density at radius 3 is 2.28 bits per heavy atom. The molecule has 4 rings (SSSR count). The summed E-state index contributed by atoms with van der Waals surface area (Å²) in [6.07, 6.45) is 2.46. The van der Waals surface area contributed by atoms with Gasteiger partial charge in [-0.3, -0.25) is 9.69 Å². The van der Waals surface area contributed by atoms with E-state index in [0.717, 1.165) is 68.7 Å². The lowest BCUT2D eigenvalue weighted by atomic mass is 9.74. The van der Waals surface area contributed by atoms with Gasteiger partial charge < -0.3 is 9.64 Å². The van der Waals surface area contributed by atoms with E-state index in [1.165, 1.54) is 17.8 Å². The highest BCUT2D eigenvalue weighted by Gasteiger charge is 2.39. The molecule has 1 fully saturated rings. The number of nitrogens with zero attached hydrogens (tertiary/aromatic N) is 2. The minimum atomic E-state index is -0.583. The lowest BCUT2D eigenvalue weighted by Crippen LogP contribution is -2.47. The fraction of sp³-hybridized carbons (Fsp3) is 0.387. The zero-order chi connectivity index (χ0) is 25.4. The van der Waals surface area contributed by atoms with Crippen molar-refractivity contribution in [3.8, 4) is 11.1 Å². The van der Waals surface area contributed by atoms with Gasteiger partial charge in [0.25, 0.3) is 0 Å². The molecular formula is C31H37FN2O2. The maximum atomic E-state index is 13.3. The van der Waals surface area contributed by atoms with Crippen LogP contribution in [0.15, 0.2) is 78.9 Å². The normalized spacial score (nSPS) is 15.9. The first kappa shape index (κ1) is 25.9. The SMILES string of the molecule is CCOC(=O)C(CC)(CCCN1CCN(c2cccc(-c3ccc(F)cc3)c2)CC1)c1ccccc1. The standard InChI is InChI=1S/C31H37FN2O2/c1-3-31(30(35)36-4-2,27-11-6-5-7-12-27)18-9-19-33-20-22-34(23-21-33)29-13-8-10-26(24-29)25-14-16-28(32)17-15-25/h5-8,10-17,24H,3-4,9,18-23H2,1-2H3. The van der Waals surface area contributed by atoms with Crippen LogP contribution in [0.3, 0.4) is 0 Å². The molecule has 0 aromatic heterocycles. The van der Waals surface area contributed by atoms with Crippen molar-refractivity contribution in [2.75, 3.05) is 44.2 Å². The topological polar surface area (TPSA) is 32.8 Å². The average Bonchev–Trinajstić information content (AvgIpc) is 2.93. The Hall–Kier alpha value is -3.18. The number of esters is 1. The molecule has 1 aliphatic rings. The number of hydrogen-bond acceptors (Lipinski definition) is 4. The largest absolute Gasteiger partial charge is 0.465 e. The molecule has 0 saturated carbocycles. The van der Waals surface area contributed by atoms with E-state index in [9.17, 15) is 9.18 Å². The predicted octanol–water partition coefficient (Wildman–Crippen LogP) is 6.31. The van der Waals surface area contributed by atoms with E-state index in [0.29, 0.717) is 6.61 Å². The van der Waals surface area contributed by atoms with Gasteiger partial charge in [-0.25, -0.2) is 4.39 Å². The van der Waals surface area contributed by atoms with E-state index >= 15 is 0 Å². The number of halogens is 1. The summed E-state index contributed by atoms with van der Waals surface area (Å²) in [5.41, 5.74) is 3.80. The molecule has 0 bridgehead atoms. The number of carbonyl (C=O) groups is 1. The second-order valence-corrected chi connectivity index (χ2v) is 9.51. The molecule has 36 heavy (non-hydrogen) atoms. The lowest BCUT2D eigenvalue weighted by molar-refractivity contribution is -0.150. The third-order valence-electron chi connectivity index (χ3n) is 7.44. The number of benzene rings is 3. The van der Waals surface area contributed by atoms with Crippen molar-refractivity contribution in [3.05, 3.63) is 90.2 Å². The van der Waals surface area contributed by atoms with E-state index in [1.807, 2.05) is 37.3 Å². The van der Waals surface area contributed by atoms with Crippen LogP contribution in [0.5, 0.6) is 0 Å². The molecule has 5 heteroatoms. The highest BCUT2D eigenvalue weighted by Crippen LogP contribution is 2.35. The van der Waals surface area contributed by atoms with Gasteiger partial charge in [-0.1, -0.05) is 61.5 Å². The van der Waals surface area contributed by atoms with Gasteiger partial charge in [0.15, 0.2) is 0 Å². The van der Waals surface area contributed by atoms with Crippen molar-refractivity contribution in [2.24, 2.45) is 0 Å². The van der Waals surface area contributed by atoms with E-state index in [-0.39, 0.29) is 11.8 Å². The van der Waals surface area contributed by atoms with Gasteiger partial charge >= 0.3 is 5.97 Å². The van der Waals surface area contributed by atoms with E-state index in [1.54, 1.807) is 0 Å². The number of hydrogen-bond donors (Lipinski definition) is 0. The molecule has 1 saturated heterocycles. The highest BCUT2D eigenvalue weighted by atomic mass is 19.1. The van der Waals surface area contributed by atoms with Crippen molar-refractivity contribution in [3.63, 3.8) is 0 Å². The van der Waals surface area contributed by atoms with Crippen LogP contribution in [-0.2, 0) is 14.9 Å². The molecule has 0 amide bonds. The first-order valence-electron chi connectivity index (χ1n) is 13.1. The minimum absolute atomic E-state index is 0.107. The zero-order valence-electron chi connectivity index (χ0n) is 21.5. The van der Waals surface area contributed by atoms with Crippen molar-refractivity contribution >= 4 is 11.7 Å². The van der Waals surface area contributed by atoms with Gasteiger partial charge in [0.05, 0.1) is 12.0 Å². The Balaban J connectivity index is 1.34. The minimum Gasteiger partial charge on any atom is -0.465 e. The molecule has 1 atom stereocenters. The average molecular weight is 489 g/mol. The molecule has 3 aromatic rings. The van der Waals surface area contributed by atoms with Gasteiger partial charge in [0.2, 0.25) is 0 Å². The van der Waals surface area contributed by atoms with Gasteiger partial charge in [0, 0.05) is 31.9 Å². The summed E-state index contributed by atoms with van der Waals surface area (Å²) in [6, 6.07) is 25.3. The number of piperazine rings is 1. The molecule has 0 radical (unpaired) electrons. The van der Waals surface area contributed by atoms with Crippen LogP contribution in [0, 0.1) is 5.82 Å². The number of rotatable bonds is 10. The Kier molecular flexibility index (Phi) is 8.76. The van der Waals surface area contributed by atoms with Crippen LogP contribution in [-0.4, -0.2) is 50.2 Å². The summed E-state index contributed by atoms with van der Waals surface area (Å²) in [5.74, 6) is -0.321. The van der Waals surface area contributed by atoms with Crippen LogP contribution in [0.4, 0.5) is 10.1 Å². The predicted molar refractivity (Wildman–Crippen MR) is 145 cm³/mol. The Morgan fingerprint density at radius 2 is 1.61 bits per heavy atom. The Bertz CT molecular complexity index is 1110. The Morgan fingerprint density at radius 1 is 0.889 bits per heavy atom. The molecule has 4 nitrogen and oxygen atoms in total. The smallest absolute Gasteiger partial charge is 0.316 e. The van der Waals surface area contributed by atoms with Crippen LogP contribution in [0.2, 0.25) is 0 Å². The number of ether oxygens (including phenoxy) is 1. The number of anilines is 1. The zero-order valence-corrected chi connectivity index (χ0v) is 21.5. The maximum absolute atomic E-state index is 13.3. The second kappa shape index (κ2) is 12.2. The van der Waals surface area contributed by atoms with Gasteiger partial charge in [-0.2, -0.15) is 0 Å². The summed E-state index contributed by atoms with van der Waals surface area (Å²) in [4.78, 5) is 18.0. The molecule has 0 N–H and O–H groups in total. The van der Waals surface area contributed by atoms with E-state index in [2.05, 4.69) is 53.1 Å². The molecule has 0 aliphatic carbocycles. The van der Waals surface area contributed by atoms with Crippen molar-refractivity contribution in [1.29, 1.82) is 0 Å². The monoisotopic (exact) mass is 488 g/mol. The third-order valence-corrected chi connectivity index (χ3v) is 7.44.